The van der Waals surface area contributed by atoms with Gasteiger partial charge in [0.1, 0.15) is 0 Å². The van der Waals surface area contributed by atoms with Crippen LogP contribution in [0.5, 0.6) is 0 Å². The van der Waals surface area contributed by atoms with Crippen molar-refractivity contribution in [2.75, 3.05) is 39.3 Å². The first-order valence-corrected chi connectivity index (χ1v) is 9.08. The number of piperazine rings is 1. The summed E-state index contributed by atoms with van der Waals surface area (Å²) < 4.78 is 5.33. The lowest BCUT2D eigenvalue weighted by Gasteiger charge is -2.35. The van der Waals surface area contributed by atoms with Crippen LogP contribution in [-0.2, 0) is 6.42 Å². The number of hydrogen-bond acceptors (Lipinski definition) is 7. The Morgan fingerprint density at radius 1 is 1.30 bits per heavy atom. The Morgan fingerprint density at radius 2 is 2.09 bits per heavy atom. The van der Waals surface area contributed by atoms with Gasteiger partial charge in [0, 0.05) is 39.1 Å². The summed E-state index contributed by atoms with van der Waals surface area (Å²) in [7, 11) is 0. The Hall–Kier alpha value is -1.28. The van der Waals surface area contributed by atoms with Crippen LogP contribution in [0.25, 0.3) is 10.7 Å². The van der Waals surface area contributed by atoms with Crippen molar-refractivity contribution in [3.05, 3.63) is 23.4 Å². The summed E-state index contributed by atoms with van der Waals surface area (Å²) in [6.07, 6.45) is 1.62. The highest BCUT2D eigenvalue weighted by atomic mass is 32.1. The van der Waals surface area contributed by atoms with E-state index in [-0.39, 0.29) is 6.10 Å². The Balaban J connectivity index is 1.37. The summed E-state index contributed by atoms with van der Waals surface area (Å²) in [5.41, 5.74) is 0. The van der Waals surface area contributed by atoms with Gasteiger partial charge in [-0.2, -0.15) is 4.98 Å². The number of thiophene rings is 1. The second kappa shape index (κ2) is 8.01. The van der Waals surface area contributed by atoms with Gasteiger partial charge < -0.3 is 14.5 Å². The molecule has 1 fully saturated rings. The molecule has 126 valence electrons. The molecule has 2 aromatic heterocycles. The highest BCUT2D eigenvalue weighted by Crippen LogP contribution is 2.21. The zero-order valence-electron chi connectivity index (χ0n) is 13.5. The molecular formula is C16H24N4O2S. The molecule has 0 amide bonds. The van der Waals surface area contributed by atoms with Crippen molar-refractivity contribution in [3.8, 4) is 10.7 Å². The van der Waals surface area contributed by atoms with E-state index in [9.17, 15) is 5.11 Å². The maximum absolute atomic E-state index is 9.43. The van der Waals surface area contributed by atoms with Gasteiger partial charge in [0.25, 0.3) is 0 Å². The van der Waals surface area contributed by atoms with Crippen molar-refractivity contribution in [2.24, 2.45) is 0 Å². The maximum atomic E-state index is 9.43. The fourth-order valence-corrected chi connectivity index (χ4v) is 3.53. The van der Waals surface area contributed by atoms with Crippen molar-refractivity contribution in [3.63, 3.8) is 0 Å². The van der Waals surface area contributed by atoms with Crippen LogP contribution < -0.4 is 0 Å². The molecule has 2 aromatic rings. The summed E-state index contributed by atoms with van der Waals surface area (Å²) in [6.45, 7) is 7.89. The first-order chi connectivity index (χ1) is 11.2. The standard InChI is InChI=1S/C16H24N4O2S/c1-13(21)12-20-9-7-19(8-10-20)6-2-5-15-17-16(18-22-15)14-4-3-11-23-14/h3-4,11,13,21H,2,5-10,12H2,1H3/t13-/m1/s1. The third-order valence-corrected chi connectivity index (χ3v) is 4.93. The van der Waals surface area contributed by atoms with E-state index in [1.807, 2.05) is 24.4 Å². The van der Waals surface area contributed by atoms with Crippen LogP contribution in [0.15, 0.2) is 22.0 Å². The number of nitrogens with zero attached hydrogens (tertiary/aromatic N) is 4. The van der Waals surface area contributed by atoms with E-state index in [1.165, 1.54) is 0 Å². The summed E-state index contributed by atoms with van der Waals surface area (Å²) in [6, 6.07) is 4.00. The van der Waals surface area contributed by atoms with Crippen molar-refractivity contribution < 1.29 is 9.63 Å². The Kier molecular flexibility index (Phi) is 5.77. The lowest BCUT2D eigenvalue weighted by atomic mass is 10.2. The van der Waals surface area contributed by atoms with Crippen molar-refractivity contribution >= 4 is 11.3 Å². The van der Waals surface area contributed by atoms with Gasteiger partial charge in [-0.25, -0.2) is 0 Å². The molecule has 0 aliphatic carbocycles. The monoisotopic (exact) mass is 336 g/mol. The molecule has 3 rings (SSSR count). The summed E-state index contributed by atoms with van der Waals surface area (Å²) in [5.74, 6) is 1.42. The van der Waals surface area contributed by atoms with Crippen molar-refractivity contribution in [2.45, 2.75) is 25.9 Å². The first kappa shape index (κ1) is 16.6. The zero-order valence-corrected chi connectivity index (χ0v) is 14.3. The molecule has 23 heavy (non-hydrogen) atoms. The zero-order chi connectivity index (χ0) is 16.1. The average molecular weight is 336 g/mol. The number of aliphatic hydroxyl groups excluding tert-OH is 1. The fourth-order valence-electron chi connectivity index (χ4n) is 2.89. The van der Waals surface area contributed by atoms with E-state index in [0.717, 1.165) is 62.9 Å². The molecule has 1 aliphatic rings. The number of rotatable bonds is 7. The molecule has 6 nitrogen and oxygen atoms in total. The first-order valence-electron chi connectivity index (χ1n) is 8.20. The maximum Gasteiger partial charge on any atom is 0.227 e. The molecule has 1 atom stereocenters. The molecule has 0 unspecified atom stereocenters. The van der Waals surface area contributed by atoms with Crippen LogP contribution >= 0.6 is 11.3 Å². The second-order valence-electron chi connectivity index (χ2n) is 6.08. The van der Waals surface area contributed by atoms with E-state index < -0.39 is 0 Å². The normalized spacial score (nSPS) is 18.3. The van der Waals surface area contributed by atoms with Crippen molar-refractivity contribution in [1.82, 2.24) is 19.9 Å². The lowest BCUT2D eigenvalue weighted by molar-refractivity contribution is 0.0802. The molecule has 0 radical (unpaired) electrons. The third-order valence-electron chi connectivity index (χ3n) is 4.06. The number of aliphatic hydroxyl groups is 1. The van der Waals surface area contributed by atoms with E-state index in [4.69, 9.17) is 4.52 Å². The smallest absolute Gasteiger partial charge is 0.227 e. The number of aromatic nitrogens is 2. The topological polar surface area (TPSA) is 65.6 Å². The molecule has 1 aliphatic heterocycles. The van der Waals surface area contributed by atoms with E-state index >= 15 is 0 Å². The van der Waals surface area contributed by atoms with Crippen LogP contribution in [0.3, 0.4) is 0 Å². The highest BCUT2D eigenvalue weighted by molar-refractivity contribution is 7.13. The van der Waals surface area contributed by atoms with Crippen LogP contribution in [-0.4, -0.2) is 70.4 Å². The van der Waals surface area contributed by atoms with E-state index in [0.29, 0.717) is 5.82 Å². The quantitative estimate of drug-likeness (QED) is 0.831. The largest absolute Gasteiger partial charge is 0.392 e. The molecule has 1 saturated heterocycles. The van der Waals surface area contributed by atoms with Gasteiger partial charge in [0.05, 0.1) is 11.0 Å². The predicted molar refractivity (Wildman–Crippen MR) is 90.5 cm³/mol. The van der Waals surface area contributed by atoms with Gasteiger partial charge in [0.15, 0.2) is 0 Å². The molecule has 1 N–H and O–H groups in total. The molecule has 0 bridgehead atoms. The minimum atomic E-state index is -0.239. The highest BCUT2D eigenvalue weighted by Gasteiger charge is 2.17. The SMILES string of the molecule is C[C@@H](O)CN1CCN(CCCc2nc(-c3cccs3)no2)CC1. The Labute approximate surface area is 140 Å². The fraction of sp³-hybridized carbons (Fsp3) is 0.625. The molecule has 0 spiro atoms. The average Bonchev–Trinajstić information content (AvgIpc) is 3.19. The minimum absolute atomic E-state index is 0.239. The molecular weight excluding hydrogens is 312 g/mol. The van der Waals surface area contributed by atoms with Crippen molar-refractivity contribution in [1.29, 1.82) is 0 Å². The van der Waals surface area contributed by atoms with Gasteiger partial charge in [-0.3, -0.25) is 4.90 Å². The van der Waals surface area contributed by atoms with Gasteiger partial charge in [-0.15, -0.1) is 11.3 Å². The van der Waals surface area contributed by atoms with Crippen LogP contribution in [0.4, 0.5) is 0 Å². The summed E-state index contributed by atoms with van der Waals surface area (Å²) >= 11 is 1.62. The number of β-amino-alcohol motifs (C(OH)–C–C–N with tert-alkyl or cyclic N) is 1. The van der Waals surface area contributed by atoms with Crippen LogP contribution in [0.1, 0.15) is 19.2 Å². The van der Waals surface area contributed by atoms with Gasteiger partial charge in [-0.1, -0.05) is 11.2 Å². The van der Waals surface area contributed by atoms with Crippen LogP contribution in [0, 0.1) is 0 Å². The van der Waals surface area contributed by atoms with Gasteiger partial charge in [-0.05, 0) is 31.3 Å². The molecule has 3 heterocycles. The molecule has 7 heteroatoms. The predicted octanol–water partition coefficient (Wildman–Crippen LogP) is 1.73. The molecule has 0 saturated carbocycles. The van der Waals surface area contributed by atoms with Crippen LogP contribution in [0.2, 0.25) is 0 Å². The van der Waals surface area contributed by atoms with E-state index in [2.05, 4.69) is 19.9 Å². The lowest BCUT2D eigenvalue weighted by Crippen LogP contribution is -2.48. The molecule has 0 aromatic carbocycles. The summed E-state index contributed by atoms with van der Waals surface area (Å²) in [5, 5.41) is 15.5. The number of hydrogen-bond donors (Lipinski definition) is 1. The summed E-state index contributed by atoms with van der Waals surface area (Å²) in [4.78, 5) is 10.3. The Bertz CT molecular complexity index is 577. The number of aryl methyl sites for hydroxylation is 1. The third kappa shape index (κ3) is 4.84. The Morgan fingerprint density at radius 3 is 2.78 bits per heavy atom. The second-order valence-corrected chi connectivity index (χ2v) is 7.03. The van der Waals surface area contributed by atoms with Gasteiger partial charge >= 0.3 is 0 Å². The minimum Gasteiger partial charge on any atom is -0.392 e. The van der Waals surface area contributed by atoms with E-state index in [1.54, 1.807) is 11.3 Å². The van der Waals surface area contributed by atoms with Gasteiger partial charge in [0.2, 0.25) is 11.7 Å².